The lowest BCUT2D eigenvalue weighted by Crippen LogP contribution is -2.58. The van der Waals surface area contributed by atoms with Crippen LogP contribution in [0.3, 0.4) is 0 Å². The molecule has 1 aliphatic heterocycles. The molecule has 1 heterocycles. The van der Waals surface area contributed by atoms with Gasteiger partial charge in [-0.3, -0.25) is 14.5 Å². The quantitative estimate of drug-likeness (QED) is 0.689. The summed E-state index contributed by atoms with van der Waals surface area (Å²) >= 11 is 0. The first-order valence-electron chi connectivity index (χ1n) is 10.9. The summed E-state index contributed by atoms with van der Waals surface area (Å²) in [5.74, 6) is 1.02. The van der Waals surface area contributed by atoms with Gasteiger partial charge in [0.2, 0.25) is 11.8 Å². The molecular formula is C21H40Cl2N4O2. The molecule has 2 saturated carbocycles. The first-order chi connectivity index (χ1) is 12.8. The summed E-state index contributed by atoms with van der Waals surface area (Å²) < 4.78 is 0. The van der Waals surface area contributed by atoms with Crippen molar-refractivity contribution in [2.75, 3.05) is 32.7 Å². The molecule has 6 nitrogen and oxygen atoms in total. The molecule has 0 aromatic carbocycles. The molecule has 4 atom stereocenters. The van der Waals surface area contributed by atoms with E-state index in [1.807, 2.05) is 11.8 Å². The molecule has 2 amide bonds. The number of amides is 2. The van der Waals surface area contributed by atoms with Gasteiger partial charge in [-0.15, -0.1) is 24.8 Å². The highest BCUT2D eigenvalue weighted by molar-refractivity contribution is 5.85. The van der Waals surface area contributed by atoms with Crippen molar-refractivity contribution in [3.8, 4) is 0 Å². The van der Waals surface area contributed by atoms with Crippen molar-refractivity contribution in [1.29, 1.82) is 0 Å². The molecule has 0 aromatic heterocycles. The molecule has 3 rings (SSSR count). The van der Waals surface area contributed by atoms with E-state index in [2.05, 4.69) is 17.1 Å². The Bertz CT molecular complexity index is 539. The summed E-state index contributed by atoms with van der Waals surface area (Å²) in [5, 5.41) is 3.22. The van der Waals surface area contributed by atoms with Crippen LogP contribution in [-0.2, 0) is 9.59 Å². The Kier molecular flexibility index (Phi) is 10.7. The number of nitrogens with two attached hydrogens (primary N) is 1. The van der Waals surface area contributed by atoms with E-state index in [9.17, 15) is 9.59 Å². The van der Waals surface area contributed by atoms with Gasteiger partial charge in [0.05, 0.1) is 12.5 Å². The molecule has 0 spiro atoms. The van der Waals surface area contributed by atoms with Crippen LogP contribution in [0, 0.1) is 11.8 Å². The molecule has 4 unspecified atom stereocenters. The molecule has 170 valence electrons. The van der Waals surface area contributed by atoms with Crippen molar-refractivity contribution < 1.29 is 9.59 Å². The Hall–Kier alpha value is -0.560. The lowest BCUT2D eigenvalue weighted by molar-refractivity contribution is -0.140. The normalized spacial score (nSPS) is 33.2. The van der Waals surface area contributed by atoms with Gasteiger partial charge in [-0.05, 0) is 38.5 Å². The topological polar surface area (TPSA) is 78.7 Å². The SMILES string of the molecule is CC1CCCC(NC(=O)CN2CCN(C(=O)C3CCCCC3(C)N)CC2)C1.Cl.Cl. The zero-order chi connectivity index (χ0) is 19.4. The highest BCUT2D eigenvalue weighted by Crippen LogP contribution is 2.33. The van der Waals surface area contributed by atoms with E-state index in [0.717, 1.165) is 51.6 Å². The van der Waals surface area contributed by atoms with E-state index in [1.54, 1.807) is 0 Å². The third-order valence-corrected chi connectivity index (χ3v) is 6.91. The predicted molar refractivity (Wildman–Crippen MR) is 122 cm³/mol. The zero-order valence-corrected chi connectivity index (χ0v) is 19.7. The molecule has 3 N–H and O–H groups in total. The summed E-state index contributed by atoms with van der Waals surface area (Å²) in [7, 11) is 0. The van der Waals surface area contributed by atoms with Gasteiger partial charge in [0.25, 0.3) is 0 Å². The number of nitrogens with one attached hydrogen (secondary N) is 1. The number of carbonyl (C=O) groups excluding carboxylic acids is 2. The minimum absolute atomic E-state index is 0. The van der Waals surface area contributed by atoms with Gasteiger partial charge in [0, 0.05) is 37.8 Å². The standard InChI is InChI=1S/C21H38N4O2.2ClH/c1-16-6-5-7-17(14-16)23-19(26)15-24-10-12-25(13-11-24)20(27)18-8-3-4-9-21(18,2)22;;/h16-18H,3-15,22H2,1-2H3,(H,23,26);2*1H. The molecule has 1 saturated heterocycles. The number of rotatable bonds is 4. The fraction of sp³-hybridized carbons (Fsp3) is 0.905. The maximum Gasteiger partial charge on any atom is 0.234 e. The van der Waals surface area contributed by atoms with Gasteiger partial charge in [0.15, 0.2) is 0 Å². The Balaban J connectivity index is 0.00000210. The van der Waals surface area contributed by atoms with Crippen LogP contribution in [0.5, 0.6) is 0 Å². The summed E-state index contributed by atoms with van der Waals surface area (Å²) in [4.78, 5) is 29.5. The van der Waals surface area contributed by atoms with E-state index in [0.29, 0.717) is 31.6 Å². The maximum absolute atomic E-state index is 12.9. The Labute approximate surface area is 188 Å². The Morgan fingerprint density at radius 3 is 2.34 bits per heavy atom. The van der Waals surface area contributed by atoms with Crippen molar-refractivity contribution in [2.45, 2.75) is 76.8 Å². The third kappa shape index (κ3) is 7.27. The van der Waals surface area contributed by atoms with Crippen LogP contribution in [0.25, 0.3) is 0 Å². The first kappa shape index (κ1) is 26.5. The van der Waals surface area contributed by atoms with E-state index < -0.39 is 0 Å². The molecular weight excluding hydrogens is 411 g/mol. The Morgan fingerprint density at radius 1 is 1.03 bits per heavy atom. The van der Waals surface area contributed by atoms with Gasteiger partial charge < -0.3 is 16.0 Å². The van der Waals surface area contributed by atoms with Crippen LogP contribution in [0.4, 0.5) is 0 Å². The van der Waals surface area contributed by atoms with Crippen molar-refractivity contribution >= 4 is 36.6 Å². The second-order valence-electron chi connectivity index (χ2n) is 9.44. The van der Waals surface area contributed by atoms with E-state index >= 15 is 0 Å². The largest absolute Gasteiger partial charge is 0.352 e. The van der Waals surface area contributed by atoms with Gasteiger partial charge in [-0.1, -0.05) is 32.6 Å². The Morgan fingerprint density at radius 2 is 1.72 bits per heavy atom. The zero-order valence-electron chi connectivity index (χ0n) is 18.0. The van der Waals surface area contributed by atoms with E-state index in [-0.39, 0.29) is 48.1 Å². The lowest BCUT2D eigenvalue weighted by Gasteiger charge is -2.42. The van der Waals surface area contributed by atoms with E-state index in [1.165, 1.54) is 12.8 Å². The van der Waals surface area contributed by atoms with Crippen LogP contribution < -0.4 is 11.1 Å². The van der Waals surface area contributed by atoms with Crippen molar-refractivity contribution in [1.82, 2.24) is 15.1 Å². The van der Waals surface area contributed by atoms with Crippen molar-refractivity contribution in [2.24, 2.45) is 17.6 Å². The second kappa shape index (κ2) is 11.7. The molecule has 2 aliphatic carbocycles. The maximum atomic E-state index is 12.9. The average molecular weight is 451 g/mol. The van der Waals surface area contributed by atoms with Gasteiger partial charge in [0.1, 0.15) is 0 Å². The fourth-order valence-corrected chi connectivity index (χ4v) is 5.15. The van der Waals surface area contributed by atoms with Gasteiger partial charge in [-0.2, -0.15) is 0 Å². The van der Waals surface area contributed by atoms with Crippen molar-refractivity contribution in [3.05, 3.63) is 0 Å². The van der Waals surface area contributed by atoms with Crippen LogP contribution >= 0.6 is 24.8 Å². The second-order valence-corrected chi connectivity index (χ2v) is 9.44. The number of hydrogen-bond acceptors (Lipinski definition) is 4. The molecule has 3 fully saturated rings. The average Bonchev–Trinajstić information content (AvgIpc) is 2.61. The van der Waals surface area contributed by atoms with E-state index in [4.69, 9.17) is 5.73 Å². The summed E-state index contributed by atoms with van der Waals surface area (Å²) in [6, 6.07) is 0.345. The van der Waals surface area contributed by atoms with Crippen LogP contribution in [0.2, 0.25) is 0 Å². The fourth-order valence-electron chi connectivity index (χ4n) is 5.15. The highest BCUT2D eigenvalue weighted by Gasteiger charge is 2.40. The minimum atomic E-state index is -0.372. The van der Waals surface area contributed by atoms with Crippen molar-refractivity contribution in [3.63, 3.8) is 0 Å². The molecule has 0 aromatic rings. The predicted octanol–water partition coefficient (Wildman–Crippen LogP) is 2.58. The van der Waals surface area contributed by atoms with Crippen LogP contribution in [-0.4, -0.2) is 65.9 Å². The molecule has 29 heavy (non-hydrogen) atoms. The summed E-state index contributed by atoms with van der Waals surface area (Å²) in [6.45, 7) is 7.71. The first-order valence-corrected chi connectivity index (χ1v) is 10.9. The lowest BCUT2D eigenvalue weighted by atomic mass is 9.74. The van der Waals surface area contributed by atoms with Gasteiger partial charge in [-0.25, -0.2) is 0 Å². The number of carbonyl (C=O) groups is 2. The van der Waals surface area contributed by atoms with Crippen LogP contribution in [0.15, 0.2) is 0 Å². The number of piperazine rings is 1. The summed E-state index contributed by atoms with van der Waals surface area (Å²) in [6.07, 6.45) is 8.78. The molecule has 8 heteroatoms. The molecule has 0 radical (unpaired) electrons. The highest BCUT2D eigenvalue weighted by atomic mass is 35.5. The molecule has 0 bridgehead atoms. The minimum Gasteiger partial charge on any atom is -0.352 e. The number of nitrogens with zero attached hydrogens (tertiary/aromatic N) is 2. The van der Waals surface area contributed by atoms with Gasteiger partial charge >= 0.3 is 0 Å². The molecule has 3 aliphatic rings. The number of hydrogen-bond donors (Lipinski definition) is 2. The number of halogens is 2. The summed E-state index contributed by atoms with van der Waals surface area (Å²) in [5.41, 5.74) is 6.04. The smallest absolute Gasteiger partial charge is 0.234 e. The van der Waals surface area contributed by atoms with Crippen LogP contribution in [0.1, 0.15) is 65.2 Å². The monoisotopic (exact) mass is 450 g/mol. The third-order valence-electron chi connectivity index (χ3n) is 6.91.